The third kappa shape index (κ3) is 6.48. The van der Waals surface area contributed by atoms with Crippen molar-refractivity contribution in [1.29, 1.82) is 0 Å². The molecule has 0 N–H and O–H groups in total. The Morgan fingerprint density at radius 1 is 0.977 bits per heavy atom. The van der Waals surface area contributed by atoms with Gasteiger partial charge in [0.2, 0.25) is 5.75 Å². The van der Waals surface area contributed by atoms with E-state index in [4.69, 9.17) is 39.5 Å². The topological polar surface area (TPSA) is 99.6 Å². The van der Waals surface area contributed by atoms with Gasteiger partial charge in [-0.25, -0.2) is 4.98 Å². The van der Waals surface area contributed by atoms with Gasteiger partial charge in [-0.3, -0.25) is 14.9 Å². The molecule has 0 saturated carbocycles. The average molecular weight is 648 g/mol. The zero-order valence-corrected chi connectivity index (χ0v) is 23.7. The molecule has 4 aromatic carbocycles. The maximum Gasteiger partial charge on any atom is 0.416 e. The van der Waals surface area contributed by atoms with Gasteiger partial charge in [-0.15, -0.1) is 0 Å². The molecule has 0 unspecified atom stereocenters. The van der Waals surface area contributed by atoms with Crippen LogP contribution >= 0.6 is 34.8 Å². The van der Waals surface area contributed by atoms with Crippen molar-refractivity contribution in [2.45, 2.75) is 12.8 Å². The SMILES string of the molecule is O=c1c2ccccc2nc(-c2cccc(C(F)(F)F)c2)n1N=Cc1cc(Cl)cc([N+](=O)[O-])c1OCc1ccc(Cl)cc1Cl. The molecule has 0 aliphatic carbocycles. The monoisotopic (exact) mass is 646 g/mol. The molecule has 1 heterocycles. The highest BCUT2D eigenvalue weighted by atomic mass is 35.5. The summed E-state index contributed by atoms with van der Waals surface area (Å²) in [6.07, 6.45) is -3.58. The largest absolute Gasteiger partial charge is 0.481 e. The molecule has 1 aromatic heterocycles. The van der Waals surface area contributed by atoms with Crippen LogP contribution in [0.15, 0.2) is 88.8 Å². The van der Waals surface area contributed by atoms with Crippen molar-refractivity contribution in [3.63, 3.8) is 0 Å². The Morgan fingerprint density at radius 2 is 1.74 bits per heavy atom. The highest BCUT2D eigenvalue weighted by Gasteiger charge is 2.31. The number of para-hydroxylation sites is 1. The molecule has 5 rings (SSSR count). The van der Waals surface area contributed by atoms with Crippen LogP contribution in [-0.2, 0) is 12.8 Å². The summed E-state index contributed by atoms with van der Waals surface area (Å²) >= 11 is 18.3. The number of nitrogens with zero attached hydrogens (tertiary/aromatic N) is 4. The van der Waals surface area contributed by atoms with E-state index in [9.17, 15) is 28.1 Å². The van der Waals surface area contributed by atoms with Crippen molar-refractivity contribution in [3.05, 3.63) is 131 Å². The van der Waals surface area contributed by atoms with Gasteiger partial charge in [0.05, 0.1) is 27.6 Å². The van der Waals surface area contributed by atoms with Crippen molar-refractivity contribution in [3.8, 4) is 17.1 Å². The van der Waals surface area contributed by atoms with Crippen LogP contribution in [0.4, 0.5) is 18.9 Å². The Morgan fingerprint density at radius 3 is 2.47 bits per heavy atom. The summed E-state index contributed by atoms with van der Waals surface area (Å²) in [7, 11) is 0. The first kappa shape index (κ1) is 30.0. The normalized spacial score (nSPS) is 11.8. The fourth-order valence-corrected chi connectivity index (χ4v) is 4.83. The van der Waals surface area contributed by atoms with Gasteiger partial charge in [-0.05, 0) is 42.5 Å². The van der Waals surface area contributed by atoms with Gasteiger partial charge in [-0.1, -0.05) is 65.1 Å². The lowest BCUT2D eigenvalue weighted by atomic mass is 10.1. The first-order valence-corrected chi connectivity index (χ1v) is 13.3. The number of halogens is 6. The fourth-order valence-electron chi connectivity index (χ4n) is 4.15. The molecular formula is C29H16Cl3F3N4O4. The molecule has 0 aliphatic rings. The second-order valence-electron chi connectivity index (χ2n) is 9.02. The van der Waals surface area contributed by atoms with E-state index < -0.39 is 27.9 Å². The Hall–Kier alpha value is -4.45. The number of hydrogen-bond donors (Lipinski definition) is 0. The minimum Gasteiger partial charge on any atom is -0.481 e. The van der Waals surface area contributed by atoms with Crippen LogP contribution in [0.5, 0.6) is 5.75 Å². The molecule has 0 bridgehead atoms. The Bertz CT molecular complexity index is 1980. The van der Waals surface area contributed by atoms with Gasteiger partial charge >= 0.3 is 11.9 Å². The van der Waals surface area contributed by atoms with Crippen molar-refractivity contribution >= 4 is 57.6 Å². The van der Waals surface area contributed by atoms with E-state index in [2.05, 4.69) is 10.1 Å². The van der Waals surface area contributed by atoms with Crippen molar-refractivity contribution in [2.75, 3.05) is 0 Å². The summed E-state index contributed by atoms with van der Waals surface area (Å²) in [5, 5.41) is 16.9. The Balaban J connectivity index is 1.66. The summed E-state index contributed by atoms with van der Waals surface area (Å²) < 4.78 is 47.1. The zero-order chi connectivity index (χ0) is 30.9. The summed E-state index contributed by atoms with van der Waals surface area (Å²) in [6, 6.07) is 17.5. The van der Waals surface area contributed by atoms with E-state index >= 15 is 0 Å². The fraction of sp³-hybridized carbons (Fsp3) is 0.0690. The summed E-state index contributed by atoms with van der Waals surface area (Å²) in [5.41, 5.74) is -1.49. The minimum absolute atomic E-state index is 0.000614. The number of hydrogen-bond acceptors (Lipinski definition) is 6. The lowest BCUT2D eigenvalue weighted by Gasteiger charge is -2.13. The lowest BCUT2D eigenvalue weighted by Crippen LogP contribution is -2.20. The Kier molecular flexibility index (Phi) is 8.41. The smallest absolute Gasteiger partial charge is 0.416 e. The number of aromatic nitrogens is 2. The third-order valence-electron chi connectivity index (χ3n) is 6.16. The molecule has 0 amide bonds. The predicted molar refractivity (Wildman–Crippen MR) is 158 cm³/mol. The lowest BCUT2D eigenvalue weighted by molar-refractivity contribution is -0.385. The third-order valence-corrected chi connectivity index (χ3v) is 6.97. The first-order valence-electron chi connectivity index (χ1n) is 12.2. The number of benzene rings is 4. The number of nitro benzene ring substituents is 1. The average Bonchev–Trinajstić information content (AvgIpc) is 2.96. The van der Waals surface area contributed by atoms with E-state index in [1.807, 2.05) is 0 Å². The molecule has 0 fully saturated rings. The number of fused-ring (bicyclic) bond motifs is 1. The maximum absolute atomic E-state index is 13.5. The van der Waals surface area contributed by atoms with Crippen LogP contribution in [0.25, 0.3) is 22.3 Å². The van der Waals surface area contributed by atoms with E-state index in [-0.39, 0.29) is 50.3 Å². The minimum atomic E-state index is -4.65. The molecule has 14 heteroatoms. The van der Waals surface area contributed by atoms with E-state index in [0.717, 1.165) is 29.1 Å². The van der Waals surface area contributed by atoms with Crippen molar-refractivity contribution in [1.82, 2.24) is 9.66 Å². The standard InChI is InChI=1S/C29H16Cl3F3N4O4/c30-20-9-8-17(23(32)12-20)15-43-26-18(11-21(31)13-25(26)39(41)42)14-36-38-27(16-4-3-5-19(10-16)29(33,34)35)37-24-7-2-1-6-22(24)28(38)40/h1-14H,15H2. The highest BCUT2D eigenvalue weighted by molar-refractivity contribution is 6.35. The molecule has 0 atom stereocenters. The number of nitro groups is 1. The van der Waals surface area contributed by atoms with Crippen molar-refractivity contribution in [2.24, 2.45) is 5.10 Å². The molecule has 0 saturated heterocycles. The first-order chi connectivity index (χ1) is 20.4. The number of alkyl halides is 3. The zero-order valence-electron chi connectivity index (χ0n) is 21.5. The van der Waals surface area contributed by atoms with Gasteiger partial charge in [0.1, 0.15) is 6.61 Å². The van der Waals surface area contributed by atoms with E-state index in [1.54, 1.807) is 24.3 Å². The van der Waals surface area contributed by atoms with E-state index in [1.165, 1.54) is 36.4 Å². The van der Waals surface area contributed by atoms with Crippen LogP contribution < -0.4 is 10.3 Å². The number of rotatable bonds is 7. The van der Waals surface area contributed by atoms with Crippen LogP contribution in [0.3, 0.4) is 0 Å². The molecule has 0 aliphatic heterocycles. The van der Waals surface area contributed by atoms with Gasteiger partial charge < -0.3 is 4.74 Å². The molecule has 0 radical (unpaired) electrons. The summed E-state index contributed by atoms with van der Waals surface area (Å²) in [5.74, 6) is -0.440. The molecule has 5 aromatic rings. The van der Waals surface area contributed by atoms with Crippen LogP contribution in [0.1, 0.15) is 16.7 Å². The van der Waals surface area contributed by atoms with Gasteiger partial charge in [0, 0.05) is 37.8 Å². The molecular weight excluding hydrogens is 632 g/mol. The summed E-state index contributed by atoms with van der Waals surface area (Å²) in [6.45, 7) is -0.202. The molecule has 0 spiro atoms. The maximum atomic E-state index is 13.5. The molecule has 43 heavy (non-hydrogen) atoms. The van der Waals surface area contributed by atoms with Gasteiger partial charge in [0.15, 0.2) is 5.82 Å². The van der Waals surface area contributed by atoms with Crippen LogP contribution in [0.2, 0.25) is 15.1 Å². The Labute approximate surface area is 255 Å². The van der Waals surface area contributed by atoms with Crippen molar-refractivity contribution < 1.29 is 22.8 Å². The predicted octanol–water partition coefficient (Wildman–Crippen LogP) is 8.41. The van der Waals surface area contributed by atoms with Gasteiger partial charge in [-0.2, -0.15) is 22.9 Å². The quantitative estimate of drug-likeness (QED) is 0.100. The second-order valence-corrected chi connectivity index (χ2v) is 10.3. The van der Waals surface area contributed by atoms with Gasteiger partial charge in [0.25, 0.3) is 5.56 Å². The molecule has 8 nitrogen and oxygen atoms in total. The summed E-state index contributed by atoms with van der Waals surface area (Å²) in [4.78, 5) is 29.1. The van der Waals surface area contributed by atoms with E-state index in [0.29, 0.717) is 10.6 Å². The number of ether oxygens (including phenoxy) is 1. The highest BCUT2D eigenvalue weighted by Crippen LogP contribution is 2.36. The van der Waals surface area contributed by atoms with Crippen LogP contribution in [-0.4, -0.2) is 20.8 Å². The molecule has 218 valence electrons. The van der Waals surface area contributed by atoms with Crippen LogP contribution in [0, 0.1) is 10.1 Å². The second kappa shape index (κ2) is 12.0.